The summed E-state index contributed by atoms with van der Waals surface area (Å²) in [5.74, 6) is 1.07. The van der Waals surface area contributed by atoms with Crippen molar-refractivity contribution in [2.75, 3.05) is 5.73 Å². The topological polar surface area (TPSA) is 46.2 Å². The number of phenols is 1. The Balaban J connectivity index is 2.23. The average molecular weight is 163 g/mol. The van der Waals surface area contributed by atoms with E-state index in [1.54, 1.807) is 6.07 Å². The Morgan fingerprint density at radius 3 is 2.83 bits per heavy atom. The van der Waals surface area contributed by atoms with E-state index < -0.39 is 0 Å². The monoisotopic (exact) mass is 163 g/mol. The molecule has 1 aliphatic carbocycles. The van der Waals surface area contributed by atoms with Crippen LogP contribution in [0, 0.1) is 5.92 Å². The molecule has 1 saturated carbocycles. The molecule has 2 nitrogen and oxygen atoms in total. The highest BCUT2D eigenvalue weighted by molar-refractivity contribution is 5.55. The summed E-state index contributed by atoms with van der Waals surface area (Å²) in [6, 6.07) is 5.57. The quantitative estimate of drug-likeness (QED) is 0.517. The molecule has 0 saturated heterocycles. The molecule has 0 atom stereocenters. The minimum absolute atomic E-state index is 0.282. The van der Waals surface area contributed by atoms with Crippen LogP contribution >= 0.6 is 0 Å². The fourth-order valence-corrected chi connectivity index (χ4v) is 1.41. The van der Waals surface area contributed by atoms with Gasteiger partial charge in [-0.05, 0) is 36.8 Å². The summed E-state index contributed by atoms with van der Waals surface area (Å²) in [7, 11) is 0. The standard InChI is InChI=1S/C10H13NO/c11-9-3-1-2-8(10(9)12)6-7-4-5-7/h1-3,7,12H,4-6,11H2. The second-order valence-corrected chi connectivity index (χ2v) is 3.50. The van der Waals surface area contributed by atoms with Crippen molar-refractivity contribution in [2.24, 2.45) is 5.92 Å². The van der Waals surface area contributed by atoms with Crippen LogP contribution in [0.1, 0.15) is 18.4 Å². The third kappa shape index (κ3) is 1.37. The van der Waals surface area contributed by atoms with Gasteiger partial charge in [0.2, 0.25) is 0 Å². The van der Waals surface area contributed by atoms with Gasteiger partial charge in [-0.15, -0.1) is 0 Å². The van der Waals surface area contributed by atoms with Crippen molar-refractivity contribution in [2.45, 2.75) is 19.3 Å². The minimum atomic E-state index is 0.282. The van der Waals surface area contributed by atoms with Crippen molar-refractivity contribution >= 4 is 5.69 Å². The van der Waals surface area contributed by atoms with Gasteiger partial charge in [0, 0.05) is 0 Å². The lowest BCUT2D eigenvalue weighted by molar-refractivity contribution is 0.469. The molecule has 1 fully saturated rings. The SMILES string of the molecule is Nc1cccc(CC2CC2)c1O. The largest absolute Gasteiger partial charge is 0.506 e. The molecule has 0 spiro atoms. The van der Waals surface area contributed by atoms with Gasteiger partial charge < -0.3 is 10.8 Å². The third-order valence-corrected chi connectivity index (χ3v) is 2.36. The van der Waals surface area contributed by atoms with Crippen LogP contribution in [0.25, 0.3) is 0 Å². The molecular formula is C10H13NO. The van der Waals surface area contributed by atoms with Crippen molar-refractivity contribution in [3.8, 4) is 5.75 Å². The Labute approximate surface area is 72.0 Å². The Morgan fingerprint density at radius 1 is 1.42 bits per heavy atom. The van der Waals surface area contributed by atoms with E-state index >= 15 is 0 Å². The first-order chi connectivity index (χ1) is 5.77. The number of hydrogen-bond donors (Lipinski definition) is 2. The predicted molar refractivity (Wildman–Crippen MR) is 48.9 cm³/mol. The number of rotatable bonds is 2. The van der Waals surface area contributed by atoms with Crippen molar-refractivity contribution in [1.29, 1.82) is 0 Å². The highest BCUT2D eigenvalue weighted by atomic mass is 16.3. The molecule has 2 heteroatoms. The van der Waals surface area contributed by atoms with E-state index in [1.807, 2.05) is 12.1 Å². The Kier molecular flexibility index (Phi) is 1.68. The van der Waals surface area contributed by atoms with Gasteiger partial charge in [0.25, 0.3) is 0 Å². The van der Waals surface area contributed by atoms with Crippen LogP contribution in [-0.4, -0.2) is 5.11 Å². The maximum Gasteiger partial charge on any atom is 0.141 e. The number of aromatic hydroxyl groups is 1. The first kappa shape index (κ1) is 7.47. The normalized spacial score (nSPS) is 16.3. The maximum absolute atomic E-state index is 9.55. The number of hydrogen-bond acceptors (Lipinski definition) is 2. The highest BCUT2D eigenvalue weighted by Gasteiger charge is 2.22. The molecule has 0 bridgehead atoms. The Bertz CT molecular complexity index is 292. The highest BCUT2D eigenvalue weighted by Crippen LogP contribution is 2.36. The van der Waals surface area contributed by atoms with Gasteiger partial charge in [-0.1, -0.05) is 12.1 Å². The minimum Gasteiger partial charge on any atom is -0.506 e. The molecule has 1 aromatic rings. The van der Waals surface area contributed by atoms with Gasteiger partial charge in [-0.25, -0.2) is 0 Å². The zero-order valence-corrected chi connectivity index (χ0v) is 6.96. The fourth-order valence-electron chi connectivity index (χ4n) is 1.41. The molecule has 0 aliphatic heterocycles. The number of para-hydroxylation sites is 1. The lowest BCUT2D eigenvalue weighted by atomic mass is 10.1. The van der Waals surface area contributed by atoms with Gasteiger partial charge in [0.15, 0.2) is 0 Å². The van der Waals surface area contributed by atoms with Crippen molar-refractivity contribution < 1.29 is 5.11 Å². The molecule has 2 rings (SSSR count). The van der Waals surface area contributed by atoms with Crippen molar-refractivity contribution in [3.05, 3.63) is 23.8 Å². The molecule has 0 amide bonds. The molecule has 12 heavy (non-hydrogen) atoms. The number of nitrogens with two attached hydrogens (primary N) is 1. The Morgan fingerprint density at radius 2 is 2.17 bits per heavy atom. The lowest BCUT2D eigenvalue weighted by Gasteiger charge is -2.04. The van der Waals surface area contributed by atoms with Crippen LogP contribution in [-0.2, 0) is 6.42 Å². The van der Waals surface area contributed by atoms with Gasteiger partial charge in [0.05, 0.1) is 5.69 Å². The predicted octanol–water partition coefficient (Wildman–Crippen LogP) is 1.93. The number of benzene rings is 1. The second kappa shape index (κ2) is 2.70. The summed E-state index contributed by atoms with van der Waals surface area (Å²) in [6.45, 7) is 0. The molecule has 0 unspecified atom stereocenters. The lowest BCUT2D eigenvalue weighted by Crippen LogP contribution is -1.92. The molecule has 1 aromatic carbocycles. The average Bonchev–Trinajstić information content (AvgIpc) is 2.83. The first-order valence-electron chi connectivity index (χ1n) is 4.33. The molecule has 0 radical (unpaired) electrons. The second-order valence-electron chi connectivity index (χ2n) is 3.50. The van der Waals surface area contributed by atoms with E-state index in [0.29, 0.717) is 5.69 Å². The summed E-state index contributed by atoms with van der Waals surface area (Å²) < 4.78 is 0. The van der Waals surface area contributed by atoms with Gasteiger partial charge >= 0.3 is 0 Å². The zero-order chi connectivity index (χ0) is 8.55. The first-order valence-corrected chi connectivity index (χ1v) is 4.33. The van der Waals surface area contributed by atoms with Gasteiger partial charge in [-0.2, -0.15) is 0 Å². The number of anilines is 1. The van der Waals surface area contributed by atoms with E-state index in [9.17, 15) is 5.11 Å². The van der Waals surface area contributed by atoms with Crippen LogP contribution in [0.2, 0.25) is 0 Å². The number of phenolic OH excluding ortho intramolecular Hbond substituents is 1. The van der Waals surface area contributed by atoms with E-state index in [1.165, 1.54) is 12.8 Å². The Hall–Kier alpha value is -1.18. The van der Waals surface area contributed by atoms with Crippen LogP contribution in [0.5, 0.6) is 5.75 Å². The van der Waals surface area contributed by atoms with Gasteiger partial charge in [0.1, 0.15) is 5.75 Å². The summed E-state index contributed by atoms with van der Waals surface area (Å²) in [4.78, 5) is 0. The van der Waals surface area contributed by atoms with E-state index in [2.05, 4.69) is 0 Å². The molecule has 64 valence electrons. The summed E-state index contributed by atoms with van der Waals surface area (Å²) in [6.07, 6.45) is 3.58. The van der Waals surface area contributed by atoms with Crippen molar-refractivity contribution in [3.63, 3.8) is 0 Å². The van der Waals surface area contributed by atoms with Gasteiger partial charge in [-0.3, -0.25) is 0 Å². The van der Waals surface area contributed by atoms with Crippen LogP contribution in [0.4, 0.5) is 5.69 Å². The zero-order valence-electron chi connectivity index (χ0n) is 6.96. The molecule has 0 heterocycles. The third-order valence-electron chi connectivity index (χ3n) is 2.36. The van der Waals surface area contributed by atoms with Crippen LogP contribution in [0.15, 0.2) is 18.2 Å². The molecular weight excluding hydrogens is 150 g/mol. The summed E-state index contributed by atoms with van der Waals surface area (Å²) in [5, 5.41) is 9.55. The molecule has 0 aromatic heterocycles. The summed E-state index contributed by atoms with van der Waals surface area (Å²) in [5.41, 5.74) is 7.06. The smallest absolute Gasteiger partial charge is 0.141 e. The van der Waals surface area contributed by atoms with E-state index in [4.69, 9.17) is 5.73 Å². The van der Waals surface area contributed by atoms with Crippen LogP contribution in [0.3, 0.4) is 0 Å². The molecule has 3 N–H and O–H groups in total. The molecule has 1 aliphatic rings. The number of nitrogen functional groups attached to an aromatic ring is 1. The van der Waals surface area contributed by atoms with Crippen molar-refractivity contribution in [1.82, 2.24) is 0 Å². The van der Waals surface area contributed by atoms with E-state index in [-0.39, 0.29) is 5.75 Å². The summed E-state index contributed by atoms with van der Waals surface area (Å²) >= 11 is 0. The van der Waals surface area contributed by atoms with E-state index in [0.717, 1.165) is 17.9 Å². The maximum atomic E-state index is 9.55. The fraction of sp³-hybridized carbons (Fsp3) is 0.400. The van der Waals surface area contributed by atoms with Crippen LogP contribution < -0.4 is 5.73 Å².